The Kier molecular flexibility index (Phi) is 7.90. The van der Waals surface area contributed by atoms with E-state index in [1.54, 1.807) is 11.8 Å². The third-order valence-electron chi connectivity index (χ3n) is 10.2. The quantitative estimate of drug-likeness (QED) is 0.332. The van der Waals surface area contributed by atoms with Crippen LogP contribution in [0.25, 0.3) is 23.2 Å². The molecule has 1 N–H and O–H groups in total. The van der Waals surface area contributed by atoms with Crippen LogP contribution in [0.1, 0.15) is 100 Å². The number of amides is 1. The summed E-state index contributed by atoms with van der Waals surface area (Å²) in [5, 5.41) is 3.49. The summed E-state index contributed by atoms with van der Waals surface area (Å²) in [6.07, 6.45) is 11.4. The van der Waals surface area contributed by atoms with Crippen LogP contribution in [0.15, 0.2) is 6.08 Å². The van der Waals surface area contributed by atoms with Gasteiger partial charge in [-0.3, -0.25) is 13.9 Å². The molecule has 45 heavy (non-hydrogen) atoms. The molecule has 0 spiro atoms. The minimum absolute atomic E-state index is 0.0788. The number of imidazole rings is 2. The molecule has 242 valence electrons. The summed E-state index contributed by atoms with van der Waals surface area (Å²) in [7, 11) is 1.94. The van der Waals surface area contributed by atoms with Crippen LogP contribution < -0.4 is 5.32 Å². The number of nitrogens with one attached hydrogen (secondary N) is 1. The zero-order chi connectivity index (χ0) is 31.3. The Hall–Kier alpha value is -3.41. The van der Waals surface area contributed by atoms with Crippen molar-refractivity contribution in [2.45, 2.75) is 102 Å². The van der Waals surface area contributed by atoms with E-state index in [2.05, 4.69) is 29.0 Å². The molecule has 12 heteroatoms. The van der Waals surface area contributed by atoms with Gasteiger partial charge in [-0.25, -0.2) is 23.7 Å². The van der Waals surface area contributed by atoms with E-state index in [4.69, 9.17) is 24.7 Å². The largest absolute Gasteiger partial charge is 0.381 e. The number of likely N-dealkylation sites (tertiary alicyclic amines) is 1. The Bertz CT molecular complexity index is 1610. The van der Waals surface area contributed by atoms with Crippen LogP contribution in [-0.4, -0.2) is 78.1 Å². The molecule has 0 aromatic carbocycles. The molecule has 7 rings (SSSR count). The van der Waals surface area contributed by atoms with Crippen LogP contribution in [0.4, 0.5) is 14.7 Å². The first kappa shape index (κ1) is 30.3. The average Bonchev–Trinajstić information content (AvgIpc) is 3.65. The number of aromatic nitrogens is 6. The average molecular weight is 623 g/mol. The van der Waals surface area contributed by atoms with E-state index in [1.807, 2.05) is 11.6 Å². The highest BCUT2D eigenvalue weighted by molar-refractivity contribution is 5.87. The zero-order valence-electron chi connectivity index (χ0n) is 26.6. The lowest BCUT2D eigenvalue weighted by Gasteiger charge is -2.42. The molecule has 5 heterocycles. The molecular formula is C33H44F2N8O2. The molecule has 1 saturated carbocycles. The molecule has 3 fully saturated rings. The second-order valence-electron chi connectivity index (χ2n) is 13.2. The number of nitrogens with zero attached hydrogens (tertiary/aromatic N) is 7. The third kappa shape index (κ3) is 5.22. The van der Waals surface area contributed by atoms with Gasteiger partial charge in [-0.15, -0.1) is 0 Å². The summed E-state index contributed by atoms with van der Waals surface area (Å²) in [5.41, 5.74) is 3.05. The van der Waals surface area contributed by atoms with E-state index < -0.39 is 17.2 Å². The number of fused-ring (bicyclic) bond motifs is 2. The van der Waals surface area contributed by atoms with Gasteiger partial charge < -0.3 is 15.0 Å². The number of carbonyl (C=O) groups is 1. The number of anilines is 1. The molecule has 3 aromatic heterocycles. The van der Waals surface area contributed by atoms with Crippen molar-refractivity contribution in [3.63, 3.8) is 0 Å². The van der Waals surface area contributed by atoms with Crippen molar-refractivity contribution < 1.29 is 18.3 Å². The van der Waals surface area contributed by atoms with Gasteiger partial charge in [0.2, 0.25) is 17.8 Å². The lowest BCUT2D eigenvalue weighted by molar-refractivity contribution is -0.160. The van der Waals surface area contributed by atoms with Crippen LogP contribution in [0.5, 0.6) is 0 Å². The number of rotatable bonds is 9. The van der Waals surface area contributed by atoms with E-state index in [0.717, 1.165) is 85.6 Å². The topological polar surface area (TPSA) is 103 Å². The number of alkyl halides is 2. The maximum atomic E-state index is 14.9. The third-order valence-corrected chi connectivity index (χ3v) is 10.2. The summed E-state index contributed by atoms with van der Waals surface area (Å²) in [5.74, 6) is -0.974. The lowest BCUT2D eigenvalue weighted by Crippen LogP contribution is -2.60. The predicted octanol–water partition coefficient (Wildman–Crippen LogP) is 5.58. The van der Waals surface area contributed by atoms with Crippen LogP contribution in [0.3, 0.4) is 0 Å². The van der Waals surface area contributed by atoms with E-state index >= 15 is 0 Å². The van der Waals surface area contributed by atoms with Gasteiger partial charge in [0.05, 0.1) is 23.1 Å². The van der Waals surface area contributed by atoms with Gasteiger partial charge in [0.15, 0.2) is 5.65 Å². The summed E-state index contributed by atoms with van der Waals surface area (Å²) in [6.45, 7) is 6.08. The van der Waals surface area contributed by atoms with Gasteiger partial charge in [0.1, 0.15) is 16.8 Å². The smallest absolute Gasteiger partial charge is 0.262 e. The zero-order valence-corrected chi connectivity index (χ0v) is 26.6. The number of halogens is 2. The van der Waals surface area contributed by atoms with E-state index in [0.29, 0.717) is 38.0 Å². The van der Waals surface area contributed by atoms with Crippen LogP contribution in [-0.2, 0) is 29.4 Å². The monoisotopic (exact) mass is 622 g/mol. The standard InChI is InChI=1S/C33H44F2N8O2/c1-4-14-33(34,35)32(15-16-32)29(44)42-19-22(20-42)36-30-39-27-26(21-10-8-9-17-45-18-13-21)38-31(40-28(27)41(30)3)43-24-12-7-6-11-23(24)37-25(43)5-2/h6,11,21-22H,4-5,7-10,12-20H2,1-3H3,(H,36,39). The number of carbonyl (C=O) groups excluding carboxylic acids is 1. The Morgan fingerprint density at radius 1 is 1.11 bits per heavy atom. The molecule has 0 radical (unpaired) electrons. The lowest BCUT2D eigenvalue weighted by atomic mass is 9.90. The van der Waals surface area contributed by atoms with Crippen molar-refractivity contribution in [2.24, 2.45) is 12.5 Å². The second kappa shape index (κ2) is 11.7. The first-order valence-electron chi connectivity index (χ1n) is 16.8. The fraction of sp³-hybridized carbons (Fsp3) is 0.667. The van der Waals surface area contributed by atoms with Gasteiger partial charge in [-0.2, -0.15) is 4.98 Å². The number of ether oxygens (including phenoxy) is 1. The van der Waals surface area contributed by atoms with Crippen molar-refractivity contribution in [3.05, 3.63) is 29.0 Å². The highest BCUT2D eigenvalue weighted by Gasteiger charge is 2.67. The van der Waals surface area contributed by atoms with Crippen molar-refractivity contribution in [2.75, 3.05) is 31.6 Å². The summed E-state index contributed by atoms with van der Waals surface area (Å²) in [6, 6.07) is -0.0788. The fourth-order valence-electron chi connectivity index (χ4n) is 7.35. The fourth-order valence-corrected chi connectivity index (χ4v) is 7.35. The van der Waals surface area contributed by atoms with Gasteiger partial charge in [0.25, 0.3) is 5.92 Å². The van der Waals surface area contributed by atoms with E-state index in [1.165, 1.54) is 0 Å². The molecule has 4 aliphatic rings. The maximum absolute atomic E-state index is 14.9. The van der Waals surface area contributed by atoms with E-state index in [9.17, 15) is 13.6 Å². The molecule has 2 saturated heterocycles. The van der Waals surface area contributed by atoms with Crippen LogP contribution >= 0.6 is 0 Å². The molecule has 1 atom stereocenters. The van der Waals surface area contributed by atoms with Crippen molar-refractivity contribution >= 4 is 29.1 Å². The minimum atomic E-state index is -2.95. The number of allylic oxidation sites excluding steroid dienone is 1. The maximum Gasteiger partial charge on any atom is 0.262 e. The minimum Gasteiger partial charge on any atom is -0.381 e. The predicted molar refractivity (Wildman–Crippen MR) is 168 cm³/mol. The Morgan fingerprint density at radius 2 is 1.93 bits per heavy atom. The van der Waals surface area contributed by atoms with Crippen molar-refractivity contribution in [3.8, 4) is 5.95 Å². The molecule has 3 aromatic rings. The number of aryl methyl sites for hydroxylation is 2. The Morgan fingerprint density at radius 3 is 2.69 bits per heavy atom. The van der Waals surface area contributed by atoms with Crippen molar-refractivity contribution in [1.82, 2.24) is 34.0 Å². The van der Waals surface area contributed by atoms with Crippen molar-refractivity contribution in [1.29, 1.82) is 0 Å². The first-order chi connectivity index (χ1) is 21.8. The molecule has 2 aliphatic carbocycles. The highest BCUT2D eigenvalue weighted by atomic mass is 19.3. The molecule has 1 unspecified atom stereocenters. The highest BCUT2D eigenvalue weighted by Crippen LogP contribution is 2.60. The van der Waals surface area contributed by atoms with Gasteiger partial charge in [-0.05, 0) is 51.0 Å². The normalized spacial score (nSPS) is 21.7. The molecule has 10 nitrogen and oxygen atoms in total. The van der Waals surface area contributed by atoms with Crippen LogP contribution in [0.2, 0.25) is 0 Å². The summed E-state index contributed by atoms with van der Waals surface area (Å²) in [4.78, 5) is 35.0. The SMILES string of the molecule is CCCC(F)(F)C1(C(=O)N2CC(Nc3nc4c(C5CCCCOCC5)nc(-n5c(CC)nc6c5CCC=C6)nc4n3C)C2)CC1. The number of hydrogen-bond donors (Lipinski definition) is 1. The molecule has 0 bridgehead atoms. The molecule has 2 aliphatic heterocycles. The number of hydrogen-bond acceptors (Lipinski definition) is 7. The second-order valence-corrected chi connectivity index (χ2v) is 13.2. The van der Waals surface area contributed by atoms with Gasteiger partial charge >= 0.3 is 0 Å². The van der Waals surface area contributed by atoms with E-state index in [-0.39, 0.29) is 31.2 Å². The van der Waals surface area contributed by atoms with Gasteiger partial charge in [0, 0.05) is 52.1 Å². The summed E-state index contributed by atoms with van der Waals surface area (Å²) >= 11 is 0. The first-order valence-corrected chi connectivity index (χ1v) is 16.8. The van der Waals surface area contributed by atoms with Gasteiger partial charge in [-0.1, -0.05) is 32.8 Å². The Balaban J connectivity index is 1.20. The molecule has 1 amide bonds. The van der Waals surface area contributed by atoms with Crippen LogP contribution in [0, 0.1) is 5.41 Å². The molecular weight excluding hydrogens is 578 g/mol. The Labute approximate surface area is 262 Å². The summed E-state index contributed by atoms with van der Waals surface area (Å²) < 4.78 is 39.7.